The Balaban J connectivity index is 3.64. The molecule has 0 unspecified atom stereocenters. The number of carbonyl (C=O) groups excluding carboxylic acids is 1. The van der Waals surface area contributed by atoms with Crippen LogP contribution in [0.3, 0.4) is 0 Å². The highest BCUT2D eigenvalue weighted by Crippen LogP contribution is 1.86. The van der Waals surface area contributed by atoms with Gasteiger partial charge in [0.05, 0.1) is 7.05 Å². The Morgan fingerprint density at radius 3 is 2.50 bits per heavy atom. The van der Waals surface area contributed by atoms with Gasteiger partial charge in [0.2, 0.25) is 5.91 Å². The van der Waals surface area contributed by atoms with E-state index in [1.54, 1.807) is 6.08 Å². The van der Waals surface area contributed by atoms with Gasteiger partial charge in [0.1, 0.15) is 0 Å². The summed E-state index contributed by atoms with van der Waals surface area (Å²) in [7, 11) is 4.89. The molecule has 68 valence electrons. The molecule has 0 aromatic carbocycles. The molecule has 1 N–H and O–H groups in total. The van der Waals surface area contributed by atoms with Crippen molar-refractivity contribution in [2.24, 2.45) is 0 Å². The molecule has 3 heteroatoms. The minimum atomic E-state index is -0.262. The van der Waals surface area contributed by atoms with E-state index in [2.05, 4.69) is 18.7 Å². The molecule has 0 bridgehead atoms. The van der Waals surface area contributed by atoms with Crippen molar-refractivity contribution in [1.82, 2.24) is 10.2 Å². The molecule has 0 spiro atoms. The fourth-order valence-electron chi connectivity index (χ4n) is 0.839. The van der Waals surface area contributed by atoms with Crippen molar-refractivity contribution < 1.29 is 4.79 Å². The van der Waals surface area contributed by atoms with E-state index in [4.69, 9.17) is 7.05 Å². The van der Waals surface area contributed by atoms with E-state index in [0.717, 1.165) is 19.6 Å². The van der Waals surface area contributed by atoms with Crippen molar-refractivity contribution in [2.45, 2.75) is 13.8 Å². The highest BCUT2D eigenvalue weighted by Gasteiger charge is 1.94. The van der Waals surface area contributed by atoms with Crippen molar-refractivity contribution in [3.63, 3.8) is 0 Å². The molecule has 0 aliphatic heterocycles. The van der Waals surface area contributed by atoms with Crippen LogP contribution >= 0.6 is 0 Å². The van der Waals surface area contributed by atoms with Crippen LogP contribution in [-0.2, 0) is 4.79 Å². The minimum absolute atomic E-state index is 0.262. The smallest absolute Gasteiger partial charge is 0.244 e. The average Bonchev–Trinajstić information content (AvgIpc) is 2.12. The van der Waals surface area contributed by atoms with Crippen molar-refractivity contribution in [3.8, 4) is 0 Å². The Hall–Kier alpha value is -0.830. The van der Waals surface area contributed by atoms with Gasteiger partial charge in [-0.15, -0.1) is 0 Å². The SMILES string of the molecule is [CH]NC(=O)/C=C/CN(CC)CC. The Labute approximate surface area is 74.4 Å². The van der Waals surface area contributed by atoms with Crippen molar-refractivity contribution >= 4 is 5.91 Å². The van der Waals surface area contributed by atoms with E-state index in [0.29, 0.717) is 0 Å². The predicted molar refractivity (Wildman–Crippen MR) is 49.4 cm³/mol. The van der Waals surface area contributed by atoms with Crippen LogP contribution in [0.25, 0.3) is 0 Å². The summed E-state index contributed by atoms with van der Waals surface area (Å²) in [6.07, 6.45) is 3.24. The molecule has 0 saturated carbocycles. The molecular formula is C9H16N2O. The number of rotatable bonds is 5. The molecule has 0 saturated heterocycles. The zero-order valence-corrected chi connectivity index (χ0v) is 7.71. The summed E-state index contributed by atoms with van der Waals surface area (Å²) >= 11 is 0. The molecule has 0 aliphatic carbocycles. The molecule has 3 nitrogen and oxygen atoms in total. The van der Waals surface area contributed by atoms with Crippen LogP contribution in [0.5, 0.6) is 0 Å². The summed E-state index contributed by atoms with van der Waals surface area (Å²) in [6, 6.07) is 0. The summed E-state index contributed by atoms with van der Waals surface area (Å²) in [6.45, 7) is 6.94. The third-order valence-corrected chi connectivity index (χ3v) is 1.67. The summed E-state index contributed by atoms with van der Waals surface area (Å²) in [5, 5.41) is 2.03. The number of carbonyl (C=O) groups is 1. The quantitative estimate of drug-likeness (QED) is 0.483. The van der Waals surface area contributed by atoms with E-state index < -0.39 is 0 Å². The lowest BCUT2D eigenvalue weighted by Crippen LogP contribution is -2.23. The molecule has 0 heterocycles. The summed E-state index contributed by atoms with van der Waals surface area (Å²) in [5.74, 6) is -0.262. The highest BCUT2D eigenvalue weighted by molar-refractivity contribution is 5.87. The van der Waals surface area contributed by atoms with E-state index >= 15 is 0 Å². The van der Waals surface area contributed by atoms with Crippen LogP contribution in [0.1, 0.15) is 13.8 Å². The first-order valence-electron chi connectivity index (χ1n) is 4.14. The number of hydrogen-bond acceptors (Lipinski definition) is 2. The van der Waals surface area contributed by atoms with E-state index in [9.17, 15) is 4.79 Å². The number of nitrogens with zero attached hydrogens (tertiary/aromatic N) is 1. The molecule has 0 aliphatic rings. The van der Waals surface area contributed by atoms with Crippen LogP contribution in [-0.4, -0.2) is 30.4 Å². The maximum Gasteiger partial charge on any atom is 0.244 e. The molecule has 1 amide bonds. The van der Waals surface area contributed by atoms with Crippen molar-refractivity contribution in [1.29, 1.82) is 0 Å². The van der Waals surface area contributed by atoms with Gasteiger partial charge < -0.3 is 10.2 Å². The zero-order valence-electron chi connectivity index (χ0n) is 7.71. The van der Waals surface area contributed by atoms with Crippen LogP contribution in [0, 0.1) is 7.05 Å². The second kappa shape index (κ2) is 6.85. The lowest BCUT2D eigenvalue weighted by Gasteiger charge is -2.14. The van der Waals surface area contributed by atoms with Crippen LogP contribution in [0.2, 0.25) is 0 Å². The fraction of sp³-hybridized carbons (Fsp3) is 0.556. The topological polar surface area (TPSA) is 32.3 Å². The van der Waals surface area contributed by atoms with Crippen LogP contribution in [0.15, 0.2) is 12.2 Å². The van der Waals surface area contributed by atoms with E-state index in [-0.39, 0.29) is 5.91 Å². The predicted octanol–water partition coefficient (Wildman–Crippen LogP) is 0.669. The molecule has 12 heavy (non-hydrogen) atoms. The maximum atomic E-state index is 10.6. The lowest BCUT2D eigenvalue weighted by atomic mass is 10.4. The van der Waals surface area contributed by atoms with Gasteiger partial charge >= 0.3 is 0 Å². The Morgan fingerprint density at radius 2 is 2.08 bits per heavy atom. The van der Waals surface area contributed by atoms with Gasteiger partial charge in [-0.05, 0) is 13.1 Å². The van der Waals surface area contributed by atoms with Gasteiger partial charge in [-0.25, -0.2) is 0 Å². The highest BCUT2D eigenvalue weighted by atomic mass is 16.1. The molecule has 0 aromatic heterocycles. The van der Waals surface area contributed by atoms with Crippen LogP contribution < -0.4 is 5.32 Å². The Bertz CT molecular complexity index is 151. The lowest BCUT2D eigenvalue weighted by molar-refractivity contribution is -0.115. The monoisotopic (exact) mass is 168 g/mol. The van der Waals surface area contributed by atoms with Gasteiger partial charge in [-0.2, -0.15) is 0 Å². The summed E-state index contributed by atoms with van der Waals surface area (Å²) in [4.78, 5) is 12.8. The molecule has 0 fully saturated rings. The van der Waals surface area contributed by atoms with Crippen molar-refractivity contribution in [2.75, 3.05) is 19.6 Å². The first kappa shape index (κ1) is 11.2. The number of hydrogen-bond donors (Lipinski definition) is 1. The van der Waals surface area contributed by atoms with Gasteiger partial charge in [0, 0.05) is 12.6 Å². The number of likely N-dealkylation sites (N-methyl/N-ethyl adjacent to an activating group) is 1. The maximum absolute atomic E-state index is 10.6. The zero-order chi connectivity index (χ0) is 9.40. The van der Waals surface area contributed by atoms with Gasteiger partial charge in [-0.1, -0.05) is 19.9 Å². The third-order valence-electron chi connectivity index (χ3n) is 1.67. The normalized spacial score (nSPS) is 11.0. The Morgan fingerprint density at radius 1 is 1.50 bits per heavy atom. The van der Waals surface area contributed by atoms with Crippen molar-refractivity contribution in [3.05, 3.63) is 19.2 Å². The first-order chi connectivity index (χ1) is 5.74. The number of nitrogens with one attached hydrogen (secondary N) is 1. The van der Waals surface area contributed by atoms with E-state index in [1.807, 2.05) is 5.32 Å². The van der Waals surface area contributed by atoms with Crippen LogP contribution in [0.4, 0.5) is 0 Å². The summed E-state index contributed by atoms with van der Waals surface area (Å²) < 4.78 is 0. The average molecular weight is 168 g/mol. The third kappa shape index (κ3) is 4.91. The molecule has 0 aromatic rings. The summed E-state index contributed by atoms with van der Waals surface area (Å²) in [5.41, 5.74) is 0. The van der Waals surface area contributed by atoms with E-state index in [1.165, 1.54) is 6.08 Å². The molecule has 2 radical (unpaired) electrons. The molecular weight excluding hydrogens is 152 g/mol. The second-order valence-corrected chi connectivity index (χ2v) is 2.40. The minimum Gasteiger partial charge on any atom is -0.346 e. The standard InChI is InChI=1S/C9H16N2O/c1-4-11(5-2)8-6-7-9(12)10-3/h3,6-7H,4-5,8H2,1-2H3,(H,10,12)/b7-6+. The van der Waals surface area contributed by atoms with Gasteiger partial charge in [0.15, 0.2) is 0 Å². The fourth-order valence-corrected chi connectivity index (χ4v) is 0.839. The second-order valence-electron chi connectivity index (χ2n) is 2.40. The number of amides is 1. The van der Waals surface area contributed by atoms with Gasteiger partial charge in [-0.3, -0.25) is 4.79 Å². The molecule has 0 rings (SSSR count). The first-order valence-corrected chi connectivity index (χ1v) is 4.14. The Kier molecular flexibility index (Phi) is 6.38. The largest absolute Gasteiger partial charge is 0.346 e. The van der Waals surface area contributed by atoms with Gasteiger partial charge in [0.25, 0.3) is 0 Å². The molecule has 0 atom stereocenters.